The normalized spacial score (nSPS) is 12.1. The van der Waals surface area contributed by atoms with Gasteiger partial charge in [-0.1, -0.05) is 18.6 Å². The third-order valence-electron chi connectivity index (χ3n) is 2.62. The number of aliphatic hydroxyl groups is 1. The van der Waals surface area contributed by atoms with Gasteiger partial charge >= 0.3 is 0 Å². The Morgan fingerprint density at radius 2 is 2.33 bits per heavy atom. The van der Waals surface area contributed by atoms with Crippen molar-refractivity contribution in [3.05, 3.63) is 23.8 Å². The number of aryl methyl sites for hydroxylation is 1. The van der Waals surface area contributed by atoms with E-state index in [0.29, 0.717) is 12.2 Å². The molecule has 2 rings (SSSR count). The number of nitrogens with zero attached hydrogens (tertiary/aromatic N) is 3. The molecular formula is C12H17N5O. The molecule has 96 valence electrons. The molecule has 0 aromatic carbocycles. The number of fused-ring (bicyclic) bond motifs is 1. The van der Waals surface area contributed by atoms with Gasteiger partial charge in [0.15, 0.2) is 11.5 Å². The summed E-state index contributed by atoms with van der Waals surface area (Å²) in [6.07, 6.45) is 4.30. The van der Waals surface area contributed by atoms with Crippen molar-refractivity contribution < 1.29 is 5.11 Å². The molecule has 0 aliphatic rings. The molecular weight excluding hydrogens is 230 g/mol. The largest absolute Gasteiger partial charge is 0.392 e. The third-order valence-corrected chi connectivity index (χ3v) is 2.62. The van der Waals surface area contributed by atoms with Crippen LogP contribution in [-0.4, -0.2) is 38.2 Å². The number of H-pyrrole nitrogens is 1. The molecule has 0 aliphatic carbocycles. The molecule has 2 heterocycles. The standard InChI is InChI=1S/C12H17N5O/c1-3-9-16-11(13-5-4-8(2)6-18)10-12(17-9)15-7-14-10/h4,7,18H,3,5-6H2,1-2H3,(H2,13,14,15,16,17)/b8-4+. The smallest absolute Gasteiger partial charge is 0.183 e. The van der Waals surface area contributed by atoms with Crippen LogP contribution in [0.15, 0.2) is 18.0 Å². The lowest BCUT2D eigenvalue weighted by atomic mass is 10.3. The van der Waals surface area contributed by atoms with Crippen LogP contribution in [0.4, 0.5) is 5.82 Å². The van der Waals surface area contributed by atoms with Crippen LogP contribution in [0.1, 0.15) is 19.7 Å². The minimum absolute atomic E-state index is 0.0745. The number of aromatic amines is 1. The van der Waals surface area contributed by atoms with Crippen LogP contribution >= 0.6 is 0 Å². The number of nitrogens with one attached hydrogen (secondary N) is 2. The Labute approximate surface area is 105 Å². The molecule has 6 nitrogen and oxygen atoms in total. The summed E-state index contributed by atoms with van der Waals surface area (Å²) in [5.41, 5.74) is 2.41. The lowest BCUT2D eigenvalue weighted by Gasteiger charge is -2.06. The second-order valence-corrected chi connectivity index (χ2v) is 4.03. The number of aliphatic hydroxyl groups excluding tert-OH is 1. The Morgan fingerprint density at radius 1 is 1.50 bits per heavy atom. The van der Waals surface area contributed by atoms with Gasteiger partial charge in [-0.3, -0.25) is 0 Å². The number of hydrogen-bond donors (Lipinski definition) is 3. The molecule has 0 unspecified atom stereocenters. The van der Waals surface area contributed by atoms with Crippen molar-refractivity contribution in [3.8, 4) is 0 Å². The highest BCUT2D eigenvalue weighted by molar-refractivity contribution is 5.82. The Hall–Kier alpha value is -1.95. The van der Waals surface area contributed by atoms with Crippen molar-refractivity contribution >= 4 is 17.0 Å². The highest BCUT2D eigenvalue weighted by Gasteiger charge is 2.07. The van der Waals surface area contributed by atoms with Gasteiger partial charge in [-0.05, 0) is 6.92 Å². The fourth-order valence-electron chi connectivity index (χ4n) is 1.55. The van der Waals surface area contributed by atoms with Gasteiger partial charge in [0.2, 0.25) is 0 Å². The average Bonchev–Trinajstić information content (AvgIpc) is 2.86. The topological polar surface area (TPSA) is 86.7 Å². The lowest BCUT2D eigenvalue weighted by molar-refractivity contribution is 0.331. The molecule has 0 spiro atoms. The van der Waals surface area contributed by atoms with Crippen molar-refractivity contribution in [2.45, 2.75) is 20.3 Å². The molecule has 0 fully saturated rings. The number of hydrogen-bond acceptors (Lipinski definition) is 5. The number of anilines is 1. The van der Waals surface area contributed by atoms with E-state index >= 15 is 0 Å². The Bertz CT molecular complexity index is 561. The Morgan fingerprint density at radius 3 is 3.06 bits per heavy atom. The molecule has 3 N–H and O–H groups in total. The first-order valence-electron chi connectivity index (χ1n) is 5.95. The predicted octanol–water partition coefficient (Wildman–Crippen LogP) is 1.27. The van der Waals surface area contributed by atoms with Crippen molar-refractivity contribution in [2.24, 2.45) is 0 Å². The zero-order chi connectivity index (χ0) is 13.0. The molecule has 2 aromatic rings. The fraction of sp³-hybridized carbons (Fsp3) is 0.417. The van der Waals surface area contributed by atoms with Crippen molar-refractivity contribution in [3.63, 3.8) is 0 Å². The second-order valence-electron chi connectivity index (χ2n) is 4.03. The van der Waals surface area contributed by atoms with Gasteiger partial charge in [0.25, 0.3) is 0 Å². The summed E-state index contributed by atoms with van der Waals surface area (Å²) in [7, 11) is 0. The fourth-order valence-corrected chi connectivity index (χ4v) is 1.55. The van der Waals surface area contributed by atoms with E-state index in [-0.39, 0.29) is 6.61 Å². The predicted molar refractivity (Wildman–Crippen MR) is 70.4 cm³/mol. The monoisotopic (exact) mass is 247 g/mol. The van der Waals surface area contributed by atoms with E-state index in [1.807, 2.05) is 19.9 Å². The minimum Gasteiger partial charge on any atom is -0.392 e. The maximum absolute atomic E-state index is 8.91. The highest BCUT2D eigenvalue weighted by atomic mass is 16.3. The zero-order valence-electron chi connectivity index (χ0n) is 10.6. The molecule has 18 heavy (non-hydrogen) atoms. The quantitative estimate of drug-likeness (QED) is 0.692. The van der Waals surface area contributed by atoms with E-state index in [9.17, 15) is 0 Å². The van der Waals surface area contributed by atoms with E-state index in [1.54, 1.807) is 6.33 Å². The molecule has 0 aliphatic heterocycles. The molecule has 0 atom stereocenters. The molecule has 0 radical (unpaired) electrons. The van der Waals surface area contributed by atoms with Crippen molar-refractivity contribution in [1.29, 1.82) is 0 Å². The summed E-state index contributed by atoms with van der Waals surface area (Å²) < 4.78 is 0. The summed E-state index contributed by atoms with van der Waals surface area (Å²) in [6.45, 7) is 4.57. The summed E-state index contributed by atoms with van der Waals surface area (Å²) in [4.78, 5) is 15.9. The first kappa shape index (κ1) is 12.5. The van der Waals surface area contributed by atoms with Crippen molar-refractivity contribution in [2.75, 3.05) is 18.5 Å². The maximum Gasteiger partial charge on any atom is 0.183 e. The van der Waals surface area contributed by atoms with Gasteiger partial charge in [0.1, 0.15) is 11.3 Å². The highest BCUT2D eigenvalue weighted by Crippen LogP contribution is 2.16. The molecule has 0 amide bonds. The first-order valence-corrected chi connectivity index (χ1v) is 5.95. The first-order chi connectivity index (χ1) is 8.74. The van der Waals surface area contributed by atoms with Crippen LogP contribution in [0.25, 0.3) is 11.2 Å². The number of imidazole rings is 1. The van der Waals surface area contributed by atoms with Gasteiger partial charge in [-0.2, -0.15) is 0 Å². The average molecular weight is 247 g/mol. The maximum atomic E-state index is 8.91. The van der Waals surface area contributed by atoms with Gasteiger partial charge in [-0.25, -0.2) is 15.0 Å². The molecule has 2 aromatic heterocycles. The van der Waals surface area contributed by atoms with Crippen LogP contribution in [0.3, 0.4) is 0 Å². The molecule has 6 heteroatoms. The van der Waals surface area contributed by atoms with E-state index in [4.69, 9.17) is 5.11 Å². The van der Waals surface area contributed by atoms with Crippen LogP contribution in [0.5, 0.6) is 0 Å². The second kappa shape index (κ2) is 5.59. The summed E-state index contributed by atoms with van der Waals surface area (Å²) in [5, 5.41) is 12.1. The molecule has 0 saturated heterocycles. The van der Waals surface area contributed by atoms with Crippen molar-refractivity contribution in [1.82, 2.24) is 19.9 Å². The summed E-state index contributed by atoms with van der Waals surface area (Å²) in [5.74, 6) is 1.51. The van der Waals surface area contributed by atoms with Gasteiger partial charge in [-0.15, -0.1) is 0 Å². The van der Waals surface area contributed by atoms with Gasteiger partial charge in [0, 0.05) is 13.0 Å². The molecule has 0 bridgehead atoms. The van der Waals surface area contributed by atoms with E-state index in [1.165, 1.54) is 0 Å². The zero-order valence-corrected chi connectivity index (χ0v) is 10.6. The lowest BCUT2D eigenvalue weighted by Crippen LogP contribution is -2.06. The number of rotatable bonds is 5. The molecule has 0 saturated carbocycles. The van der Waals surface area contributed by atoms with E-state index in [0.717, 1.165) is 29.2 Å². The minimum atomic E-state index is 0.0745. The SMILES string of the molecule is CCc1nc(NC/C=C(\C)CO)c2[nH]cnc2n1. The summed E-state index contributed by atoms with van der Waals surface area (Å²) in [6, 6.07) is 0. The number of aromatic nitrogens is 4. The van der Waals surface area contributed by atoms with Gasteiger partial charge < -0.3 is 15.4 Å². The van der Waals surface area contributed by atoms with Crippen LogP contribution in [-0.2, 0) is 6.42 Å². The Balaban J connectivity index is 2.23. The van der Waals surface area contributed by atoms with Crippen LogP contribution in [0.2, 0.25) is 0 Å². The van der Waals surface area contributed by atoms with Crippen LogP contribution in [0, 0.1) is 0 Å². The summed E-state index contributed by atoms with van der Waals surface area (Å²) >= 11 is 0. The van der Waals surface area contributed by atoms with E-state index < -0.39 is 0 Å². The van der Waals surface area contributed by atoms with Gasteiger partial charge in [0.05, 0.1) is 12.9 Å². The van der Waals surface area contributed by atoms with Crippen LogP contribution < -0.4 is 5.32 Å². The van der Waals surface area contributed by atoms with E-state index in [2.05, 4.69) is 25.3 Å². The third kappa shape index (κ3) is 2.65. The Kier molecular flexibility index (Phi) is 3.88.